The summed E-state index contributed by atoms with van der Waals surface area (Å²) in [6, 6.07) is 4.01. The van der Waals surface area contributed by atoms with Crippen LogP contribution in [-0.4, -0.2) is 12.5 Å². The lowest BCUT2D eigenvalue weighted by molar-refractivity contribution is -0.118. The fourth-order valence-electron chi connectivity index (χ4n) is 2.23. The highest BCUT2D eigenvalue weighted by molar-refractivity contribution is 7.08. The number of thiophene rings is 1. The van der Waals surface area contributed by atoms with Gasteiger partial charge in [-0.3, -0.25) is 4.79 Å². The molecule has 1 aliphatic rings. The number of anilines is 1. The average molecular weight is 285 g/mol. The number of carbonyl (C=O) groups excluding carboxylic acids is 1. The Labute approximate surface area is 121 Å². The molecule has 0 fully saturated rings. The first-order chi connectivity index (χ1) is 9.63. The van der Waals surface area contributed by atoms with Crippen molar-refractivity contribution in [3.05, 3.63) is 45.1 Å². The number of hydrogen-bond donors (Lipinski definition) is 1. The predicted octanol–water partition coefficient (Wildman–Crippen LogP) is 3.87. The quantitative estimate of drug-likeness (QED) is 0.909. The van der Waals surface area contributed by atoms with Crippen LogP contribution in [0.2, 0.25) is 0 Å². The first kappa shape index (κ1) is 12.9. The van der Waals surface area contributed by atoms with Gasteiger partial charge in [-0.05, 0) is 59.0 Å². The minimum absolute atomic E-state index is 0.0944. The van der Waals surface area contributed by atoms with Gasteiger partial charge in [-0.25, -0.2) is 0 Å². The Balaban J connectivity index is 1.93. The minimum atomic E-state index is -0.105. The van der Waals surface area contributed by atoms with Gasteiger partial charge in [0.2, 0.25) is 0 Å². The first-order valence-corrected chi connectivity index (χ1v) is 7.36. The molecule has 1 aromatic carbocycles. The predicted molar refractivity (Wildman–Crippen MR) is 83.3 cm³/mol. The van der Waals surface area contributed by atoms with Crippen LogP contribution >= 0.6 is 11.3 Å². The number of carbonyl (C=O) groups is 1. The third kappa shape index (κ3) is 2.47. The van der Waals surface area contributed by atoms with E-state index >= 15 is 0 Å². The standard InChI is InChI=1S/C16H15NO2S/c1-10-5-12(3-4-13-9-20-8-11(13)2)6-14-16(10)19-7-15(18)17-14/h3-6,8-9H,7H2,1-2H3,(H,17,18). The molecule has 4 heteroatoms. The largest absolute Gasteiger partial charge is 0.481 e. The topological polar surface area (TPSA) is 38.3 Å². The fourth-order valence-corrected chi connectivity index (χ4v) is 3.05. The molecular formula is C16H15NO2S. The van der Waals surface area contributed by atoms with Crippen molar-refractivity contribution in [1.29, 1.82) is 0 Å². The fraction of sp³-hybridized carbons (Fsp3) is 0.188. The molecule has 0 unspecified atom stereocenters. The third-order valence-corrected chi connectivity index (χ3v) is 4.15. The van der Waals surface area contributed by atoms with E-state index in [1.54, 1.807) is 11.3 Å². The Morgan fingerprint density at radius 1 is 1.20 bits per heavy atom. The number of hydrogen-bond acceptors (Lipinski definition) is 3. The molecule has 0 saturated heterocycles. The minimum Gasteiger partial charge on any atom is -0.481 e. The summed E-state index contributed by atoms with van der Waals surface area (Å²) in [5.74, 6) is 0.667. The first-order valence-electron chi connectivity index (χ1n) is 6.41. The molecule has 1 N–H and O–H groups in total. The molecule has 3 rings (SSSR count). The number of fused-ring (bicyclic) bond motifs is 1. The molecule has 1 aromatic heterocycles. The van der Waals surface area contributed by atoms with Crippen molar-refractivity contribution < 1.29 is 9.53 Å². The van der Waals surface area contributed by atoms with E-state index in [4.69, 9.17) is 4.74 Å². The number of ether oxygens (including phenoxy) is 1. The molecule has 2 aromatic rings. The maximum absolute atomic E-state index is 11.4. The van der Waals surface area contributed by atoms with Gasteiger partial charge in [0, 0.05) is 0 Å². The molecule has 0 bridgehead atoms. The van der Waals surface area contributed by atoms with Crippen molar-refractivity contribution in [3.63, 3.8) is 0 Å². The van der Waals surface area contributed by atoms with Gasteiger partial charge in [0.1, 0.15) is 5.75 Å². The van der Waals surface area contributed by atoms with Crippen molar-refractivity contribution in [2.45, 2.75) is 13.8 Å². The average Bonchev–Trinajstić information content (AvgIpc) is 2.81. The van der Waals surface area contributed by atoms with Crippen LogP contribution in [0, 0.1) is 13.8 Å². The second-order valence-corrected chi connectivity index (χ2v) is 5.64. The summed E-state index contributed by atoms with van der Waals surface area (Å²) in [7, 11) is 0. The van der Waals surface area contributed by atoms with Crippen LogP contribution in [0.25, 0.3) is 12.2 Å². The van der Waals surface area contributed by atoms with Crippen LogP contribution in [0.1, 0.15) is 22.3 Å². The van der Waals surface area contributed by atoms with Crippen LogP contribution in [0.5, 0.6) is 5.75 Å². The number of aryl methyl sites for hydroxylation is 2. The van der Waals surface area contributed by atoms with Crippen LogP contribution < -0.4 is 10.1 Å². The SMILES string of the molecule is Cc1cscc1C=Cc1cc(C)c2c(c1)NC(=O)CO2. The van der Waals surface area contributed by atoms with Crippen molar-refractivity contribution in [1.82, 2.24) is 0 Å². The molecule has 1 aliphatic heterocycles. The normalized spacial score (nSPS) is 14.0. The molecule has 0 aliphatic carbocycles. The smallest absolute Gasteiger partial charge is 0.262 e. The van der Waals surface area contributed by atoms with Gasteiger partial charge in [-0.1, -0.05) is 12.2 Å². The number of nitrogens with one attached hydrogen (secondary N) is 1. The van der Waals surface area contributed by atoms with Crippen molar-refractivity contribution in [3.8, 4) is 5.75 Å². The zero-order chi connectivity index (χ0) is 14.1. The second kappa shape index (κ2) is 5.13. The van der Waals surface area contributed by atoms with Crippen molar-refractivity contribution >= 4 is 35.1 Å². The van der Waals surface area contributed by atoms with Crippen LogP contribution in [-0.2, 0) is 4.79 Å². The van der Waals surface area contributed by atoms with E-state index < -0.39 is 0 Å². The summed E-state index contributed by atoms with van der Waals surface area (Å²) < 4.78 is 5.46. The van der Waals surface area contributed by atoms with E-state index in [1.807, 2.05) is 13.0 Å². The van der Waals surface area contributed by atoms with Gasteiger partial charge in [0.15, 0.2) is 6.61 Å². The van der Waals surface area contributed by atoms with Gasteiger partial charge in [0.25, 0.3) is 5.91 Å². The zero-order valence-electron chi connectivity index (χ0n) is 11.4. The molecular weight excluding hydrogens is 270 g/mol. The van der Waals surface area contributed by atoms with Gasteiger partial charge in [0.05, 0.1) is 5.69 Å². The molecule has 0 atom stereocenters. The van der Waals surface area contributed by atoms with Crippen LogP contribution in [0.15, 0.2) is 22.9 Å². The molecule has 0 radical (unpaired) electrons. The Morgan fingerprint density at radius 3 is 2.80 bits per heavy atom. The number of benzene rings is 1. The molecule has 0 spiro atoms. The lowest BCUT2D eigenvalue weighted by atomic mass is 10.1. The molecule has 20 heavy (non-hydrogen) atoms. The lowest BCUT2D eigenvalue weighted by Crippen LogP contribution is -2.25. The van der Waals surface area contributed by atoms with Gasteiger partial charge in [-0.15, -0.1) is 0 Å². The molecule has 102 valence electrons. The summed E-state index contributed by atoms with van der Waals surface area (Å²) in [5, 5.41) is 7.11. The van der Waals surface area contributed by atoms with Crippen LogP contribution in [0.4, 0.5) is 5.69 Å². The highest BCUT2D eigenvalue weighted by atomic mass is 32.1. The maximum Gasteiger partial charge on any atom is 0.262 e. The van der Waals surface area contributed by atoms with E-state index in [2.05, 4.69) is 41.2 Å². The maximum atomic E-state index is 11.4. The molecule has 1 amide bonds. The lowest BCUT2D eigenvalue weighted by Gasteiger charge is -2.20. The summed E-state index contributed by atoms with van der Waals surface area (Å²) in [4.78, 5) is 11.4. The Kier molecular flexibility index (Phi) is 3.32. The highest BCUT2D eigenvalue weighted by Crippen LogP contribution is 2.33. The number of rotatable bonds is 2. The van der Waals surface area contributed by atoms with E-state index in [0.717, 1.165) is 22.6 Å². The van der Waals surface area contributed by atoms with E-state index in [9.17, 15) is 4.79 Å². The molecule has 0 saturated carbocycles. The van der Waals surface area contributed by atoms with Gasteiger partial charge < -0.3 is 10.1 Å². The monoisotopic (exact) mass is 285 g/mol. The Bertz CT molecular complexity index is 700. The van der Waals surface area contributed by atoms with E-state index in [1.165, 1.54) is 11.1 Å². The van der Waals surface area contributed by atoms with Crippen molar-refractivity contribution in [2.24, 2.45) is 0 Å². The molecule has 3 nitrogen and oxygen atoms in total. The highest BCUT2D eigenvalue weighted by Gasteiger charge is 2.18. The second-order valence-electron chi connectivity index (χ2n) is 4.89. The van der Waals surface area contributed by atoms with Gasteiger partial charge >= 0.3 is 0 Å². The Morgan fingerprint density at radius 2 is 2.05 bits per heavy atom. The zero-order valence-corrected chi connectivity index (χ0v) is 12.2. The summed E-state index contributed by atoms with van der Waals surface area (Å²) >= 11 is 1.70. The van der Waals surface area contributed by atoms with E-state index in [-0.39, 0.29) is 12.5 Å². The van der Waals surface area contributed by atoms with Crippen LogP contribution in [0.3, 0.4) is 0 Å². The van der Waals surface area contributed by atoms with E-state index in [0.29, 0.717) is 0 Å². The summed E-state index contributed by atoms with van der Waals surface area (Å²) in [6.07, 6.45) is 4.15. The number of amides is 1. The summed E-state index contributed by atoms with van der Waals surface area (Å²) in [5.41, 5.74) is 5.34. The molecule has 2 heterocycles. The third-order valence-electron chi connectivity index (χ3n) is 3.27. The summed E-state index contributed by atoms with van der Waals surface area (Å²) in [6.45, 7) is 4.18. The van der Waals surface area contributed by atoms with Gasteiger partial charge in [-0.2, -0.15) is 11.3 Å². The van der Waals surface area contributed by atoms with Crippen molar-refractivity contribution in [2.75, 3.05) is 11.9 Å². The Hall–Kier alpha value is -2.07.